The molecule has 0 saturated heterocycles. The second-order valence-electron chi connectivity index (χ2n) is 2.72. The van der Waals surface area contributed by atoms with Crippen LogP contribution in [0.3, 0.4) is 0 Å². The van der Waals surface area contributed by atoms with Gasteiger partial charge in [0, 0.05) is 0 Å². The van der Waals surface area contributed by atoms with Crippen molar-refractivity contribution < 1.29 is 32.4 Å². The van der Waals surface area contributed by atoms with E-state index in [-0.39, 0.29) is 12.4 Å². The molecule has 1 aromatic rings. The van der Waals surface area contributed by atoms with Crippen LogP contribution in [0.2, 0.25) is 0 Å². The van der Waals surface area contributed by atoms with Crippen LogP contribution < -0.4 is 4.74 Å². The second kappa shape index (κ2) is 5.36. The van der Waals surface area contributed by atoms with Crippen LogP contribution in [-0.4, -0.2) is 23.0 Å². The topological polar surface area (TPSA) is 76.0 Å². The van der Waals surface area contributed by atoms with Crippen LogP contribution in [0.1, 0.15) is 0 Å². The summed E-state index contributed by atoms with van der Waals surface area (Å²) in [5, 5.41) is 0. The van der Waals surface area contributed by atoms with Crippen molar-refractivity contribution in [3.05, 3.63) is 29.8 Å². The van der Waals surface area contributed by atoms with Crippen LogP contribution in [-0.2, 0) is 9.09 Å². The lowest BCUT2D eigenvalue weighted by molar-refractivity contribution is 0.158. The minimum atomic E-state index is -4.56. The molecule has 0 bridgehead atoms. The molecule has 90 valence electrons. The summed E-state index contributed by atoms with van der Waals surface area (Å²) < 4.78 is 44.7. The van der Waals surface area contributed by atoms with Crippen molar-refractivity contribution in [2.45, 2.75) is 0 Å². The van der Waals surface area contributed by atoms with E-state index in [9.17, 15) is 13.3 Å². The van der Waals surface area contributed by atoms with Crippen LogP contribution in [0.4, 0.5) is 8.78 Å². The molecule has 0 radical (unpaired) electrons. The first kappa shape index (κ1) is 13.1. The lowest BCUT2D eigenvalue weighted by Gasteiger charge is -2.08. The van der Waals surface area contributed by atoms with Gasteiger partial charge in [-0.1, -0.05) is 6.07 Å². The predicted octanol–water partition coefficient (Wildman–Crippen LogP) is 1.45. The van der Waals surface area contributed by atoms with Crippen molar-refractivity contribution in [1.82, 2.24) is 0 Å². The fraction of sp³-hybridized carbons (Fsp3) is 0.250. The van der Waals surface area contributed by atoms with E-state index in [4.69, 9.17) is 14.5 Å². The van der Waals surface area contributed by atoms with Crippen LogP contribution in [0, 0.1) is 11.6 Å². The molecule has 0 spiro atoms. The molecule has 0 heterocycles. The third-order valence-electron chi connectivity index (χ3n) is 1.52. The highest BCUT2D eigenvalue weighted by Crippen LogP contribution is 2.35. The molecule has 8 heteroatoms. The van der Waals surface area contributed by atoms with Gasteiger partial charge >= 0.3 is 7.82 Å². The highest BCUT2D eigenvalue weighted by molar-refractivity contribution is 7.46. The van der Waals surface area contributed by atoms with Crippen molar-refractivity contribution >= 4 is 7.82 Å². The summed E-state index contributed by atoms with van der Waals surface area (Å²) in [6, 6.07) is 3.36. The molecule has 0 aliphatic heterocycles. The summed E-state index contributed by atoms with van der Waals surface area (Å²) in [4.78, 5) is 16.6. The number of phosphoric ester groups is 1. The maximum Gasteiger partial charge on any atom is 0.469 e. The van der Waals surface area contributed by atoms with Gasteiger partial charge in [0.05, 0.1) is 6.61 Å². The monoisotopic (exact) mass is 254 g/mol. The van der Waals surface area contributed by atoms with Crippen LogP contribution in [0.15, 0.2) is 18.2 Å². The summed E-state index contributed by atoms with van der Waals surface area (Å²) in [5.74, 6) is -2.55. The third-order valence-corrected chi connectivity index (χ3v) is 2.04. The van der Waals surface area contributed by atoms with E-state index in [0.717, 1.165) is 6.07 Å². The fourth-order valence-electron chi connectivity index (χ4n) is 0.903. The normalized spacial score (nSPS) is 11.5. The van der Waals surface area contributed by atoms with Crippen molar-refractivity contribution in [1.29, 1.82) is 0 Å². The van der Waals surface area contributed by atoms with Gasteiger partial charge in [0.1, 0.15) is 6.61 Å². The van der Waals surface area contributed by atoms with Crippen LogP contribution in [0.5, 0.6) is 5.75 Å². The smallest absolute Gasteiger partial charge is 0.469 e. The molecule has 0 aliphatic rings. The molecule has 16 heavy (non-hydrogen) atoms. The number of ether oxygens (including phenoxy) is 1. The Bertz CT molecular complexity index is 405. The average molecular weight is 254 g/mol. The first-order valence-corrected chi connectivity index (χ1v) is 5.70. The fourth-order valence-corrected chi connectivity index (χ4v) is 1.22. The molecule has 0 unspecified atom stereocenters. The Morgan fingerprint density at radius 2 is 1.94 bits per heavy atom. The Labute approximate surface area is 89.9 Å². The SMILES string of the molecule is O=P(O)(O)OCCOc1cccc(F)c1F. The zero-order valence-electron chi connectivity index (χ0n) is 7.97. The van der Waals surface area contributed by atoms with E-state index in [1.807, 2.05) is 0 Å². The van der Waals surface area contributed by atoms with Gasteiger partial charge in [0.15, 0.2) is 11.6 Å². The Balaban J connectivity index is 2.44. The van der Waals surface area contributed by atoms with Crippen molar-refractivity contribution in [2.24, 2.45) is 0 Å². The number of hydrogen-bond acceptors (Lipinski definition) is 3. The Kier molecular flexibility index (Phi) is 4.37. The quantitative estimate of drug-likeness (QED) is 0.614. The molecule has 1 aromatic carbocycles. The van der Waals surface area contributed by atoms with E-state index >= 15 is 0 Å². The minimum absolute atomic E-state index is 0.300. The van der Waals surface area contributed by atoms with Gasteiger partial charge < -0.3 is 14.5 Å². The average Bonchev–Trinajstić information content (AvgIpc) is 2.17. The first-order valence-electron chi connectivity index (χ1n) is 4.17. The maximum atomic E-state index is 13.0. The summed E-state index contributed by atoms with van der Waals surface area (Å²) in [6.45, 7) is -0.730. The van der Waals surface area contributed by atoms with Crippen molar-refractivity contribution in [2.75, 3.05) is 13.2 Å². The van der Waals surface area contributed by atoms with E-state index in [1.54, 1.807) is 0 Å². The minimum Gasteiger partial charge on any atom is -0.488 e. The molecule has 0 atom stereocenters. The van der Waals surface area contributed by atoms with E-state index < -0.39 is 26.1 Å². The second-order valence-corrected chi connectivity index (χ2v) is 3.96. The van der Waals surface area contributed by atoms with Crippen LogP contribution >= 0.6 is 7.82 Å². The summed E-state index contributed by atoms with van der Waals surface area (Å²) in [5.41, 5.74) is 0. The van der Waals surface area contributed by atoms with Gasteiger partial charge in [-0.25, -0.2) is 8.96 Å². The maximum absolute atomic E-state index is 13.0. The van der Waals surface area contributed by atoms with Crippen LogP contribution in [0.25, 0.3) is 0 Å². The summed E-state index contributed by atoms with van der Waals surface area (Å²) in [6.07, 6.45) is 0. The standard InChI is InChI=1S/C8H9F2O5P/c9-6-2-1-3-7(8(6)10)14-4-5-15-16(11,12)13/h1-3H,4-5H2,(H2,11,12,13). The Hall–Kier alpha value is -1.01. The molecule has 0 aromatic heterocycles. The van der Waals surface area contributed by atoms with Gasteiger partial charge in [-0.15, -0.1) is 0 Å². The summed E-state index contributed by atoms with van der Waals surface area (Å²) >= 11 is 0. The van der Waals surface area contributed by atoms with Gasteiger partial charge in [-0.3, -0.25) is 4.52 Å². The van der Waals surface area contributed by atoms with Crippen molar-refractivity contribution in [3.63, 3.8) is 0 Å². The molecule has 1 rings (SSSR count). The zero-order chi connectivity index (χ0) is 12.2. The number of hydrogen-bond donors (Lipinski definition) is 2. The molecule has 0 aliphatic carbocycles. The lowest BCUT2D eigenvalue weighted by atomic mass is 10.3. The number of halogens is 2. The first-order chi connectivity index (χ1) is 7.40. The largest absolute Gasteiger partial charge is 0.488 e. The predicted molar refractivity (Wildman–Crippen MR) is 49.8 cm³/mol. The number of phosphoric acid groups is 1. The molecular weight excluding hydrogens is 245 g/mol. The Morgan fingerprint density at radius 3 is 2.56 bits per heavy atom. The van der Waals surface area contributed by atoms with Crippen molar-refractivity contribution in [3.8, 4) is 5.75 Å². The third kappa shape index (κ3) is 4.24. The van der Waals surface area contributed by atoms with Gasteiger partial charge in [0.2, 0.25) is 5.82 Å². The summed E-state index contributed by atoms with van der Waals surface area (Å²) in [7, 11) is -4.56. The molecule has 0 amide bonds. The van der Waals surface area contributed by atoms with E-state index in [2.05, 4.69) is 4.52 Å². The van der Waals surface area contributed by atoms with Gasteiger partial charge in [-0.2, -0.15) is 4.39 Å². The van der Waals surface area contributed by atoms with E-state index in [0.29, 0.717) is 0 Å². The Morgan fingerprint density at radius 1 is 1.25 bits per heavy atom. The van der Waals surface area contributed by atoms with Gasteiger partial charge in [-0.05, 0) is 12.1 Å². The molecule has 5 nitrogen and oxygen atoms in total. The van der Waals surface area contributed by atoms with Gasteiger partial charge in [0.25, 0.3) is 0 Å². The molecule has 0 saturated carbocycles. The zero-order valence-corrected chi connectivity index (χ0v) is 8.86. The molecule has 2 N–H and O–H groups in total. The highest BCUT2D eigenvalue weighted by atomic mass is 31.2. The lowest BCUT2D eigenvalue weighted by Crippen LogP contribution is -2.06. The molecule has 0 fully saturated rings. The molecular formula is C8H9F2O5P. The highest BCUT2D eigenvalue weighted by Gasteiger charge is 2.14. The van der Waals surface area contributed by atoms with E-state index in [1.165, 1.54) is 12.1 Å². The number of benzene rings is 1. The number of rotatable bonds is 5.